The van der Waals surface area contributed by atoms with E-state index in [1.54, 1.807) is 0 Å². The molecule has 0 bridgehead atoms. The van der Waals surface area contributed by atoms with Crippen molar-refractivity contribution in [2.45, 2.75) is 59.5 Å². The van der Waals surface area contributed by atoms with Crippen molar-refractivity contribution < 1.29 is 18.9 Å². The van der Waals surface area contributed by atoms with Crippen LogP contribution in [0.4, 0.5) is 0 Å². The molecule has 1 atom stereocenters. The van der Waals surface area contributed by atoms with E-state index >= 15 is 0 Å². The van der Waals surface area contributed by atoms with Gasteiger partial charge in [0.15, 0.2) is 0 Å². The molecule has 0 aromatic rings. The van der Waals surface area contributed by atoms with Crippen LogP contribution in [0, 0.1) is 0 Å². The first kappa shape index (κ1) is 16.8. The van der Waals surface area contributed by atoms with Gasteiger partial charge in [0.1, 0.15) is 0 Å². The van der Waals surface area contributed by atoms with E-state index in [9.17, 15) is 0 Å². The Hall–Kier alpha value is -0.160. The third kappa shape index (κ3) is 8.55. The van der Waals surface area contributed by atoms with Crippen molar-refractivity contribution in [3.63, 3.8) is 0 Å². The van der Waals surface area contributed by atoms with Gasteiger partial charge in [-0.25, -0.2) is 0 Å². The normalized spacial score (nSPS) is 13.2. The Kier molecular flexibility index (Phi) is 12.2. The topological polar surface area (TPSA) is 36.9 Å². The Morgan fingerprint density at radius 3 is 1.53 bits per heavy atom. The number of hydrogen-bond donors (Lipinski definition) is 0. The number of ether oxygens (including phenoxy) is 4. The molecular formula is C13H28O4. The molecule has 0 amide bonds. The minimum absolute atomic E-state index is 0.420. The quantitative estimate of drug-likeness (QED) is 0.393. The lowest BCUT2D eigenvalue weighted by molar-refractivity contribution is -0.283. The van der Waals surface area contributed by atoms with Crippen LogP contribution in [0.1, 0.15) is 47.0 Å². The van der Waals surface area contributed by atoms with Crippen LogP contribution in [0.15, 0.2) is 0 Å². The Morgan fingerprint density at radius 1 is 0.647 bits per heavy atom. The van der Waals surface area contributed by atoms with Crippen molar-refractivity contribution in [3.05, 3.63) is 0 Å². The van der Waals surface area contributed by atoms with Crippen LogP contribution >= 0.6 is 0 Å². The summed E-state index contributed by atoms with van der Waals surface area (Å²) in [5.41, 5.74) is 0. The molecule has 0 rings (SSSR count). The van der Waals surface area contributed by atoms with E-state index in [4.69, 9.17) is 18.9 Å². The van der Waals surface area contributed by atoms with Gasteiger partial charge >= 0.3 is 0 Å². The summed E-state index contributed by atoms with van der Waals surface area (Å²) in [6.07, 6.45) is 2.56. The van der Waals surface area contributed by atoms with Crippen molar-refractivity contribution in [1.29, 1.82) is 0 Å². The molecular weight excluding hydrogens is 220 g/mol. The lowest BCUT2D eigenvalue weighted by atomic mass is 10.3. The van der Waals surface area contributed by atoms with Crippen molar-refractivity contribution in [3.8, 4) is 0 Å². The van der Waals surface area contributed by atoms with Gasteiger partial charge in [0.25, 0.3) is 0 Å². The molecule has 0 aliphatic carbocycles. The summed E-state index contributed by atoms with van der Waals surface area (Å²) in [6.45, 7) is 10.4. The Morgan fingerprint density at radius 2 is 1.12 bits per heavy atom. The van der Waals surface area contributed by atoms with Crippen molar-refractivity contribution in [1.82, 2.24) is 0 Å². The number of hydrogen-bond acceptors (Lipinski definition) is 4. The zero-order valence-electron chi connectivity index (χ0n) is 11.7. The van der Waals surface area contributed by atoms with Crippen LogP contribution in [0.5, 0.6) is 0 Å². The van der Waals surface area contributed by atoms with Crippen LogP contribution in [-0.2, 0) is 18.9 Å². The molecule has 0 aromatic carbocycles. The fourth-order valence-electron chi connectivity index (χ4n) is 1.45. The molecule has 0 N–H and O–H groups in total. The third-order valence-electron chi connectivity index (χ3n) is 2.25. The first-order valence-corrected chi connectivity index (χ1v) is 6.76. The summed E-state index contributed by atoms with van der Waals surface area (Å²) in [5, 5.41) is 0. The molecule has 0 aromatic heterocycles. The fraction of sp³-hybridized carbons (Fsp3) is 1.00. The minimum atomic E-state index is -0.424. The second-order valence-electron chi connectivity index (χ2n) is 3.68. The van der Waals surface area contributed by atoms with Crippen molar-refractivity contribution in [2.75, 3.05) is 26.4 Å². The first-order chi connectivity index (χ1) is 8.29. The Bertz CT molecular complexity index is 146. The highest BCUT2D eigenvalue weighted by molar-refractivity contribution is 4.52. The molecule has 0 saturated heterocycles. The van der Waals surface area contributed by atoms with E-state index < -0.39 is 12.6 Å². The monoisotopic (exact) mass is 248 g/mol. The zero-order chi connectivity index (χ0) is 12.9. The van der Waals surface area contributed by atoms with Crippen LogP contribution in [-0.4, -0.2) is 39.0 Å². The highest BCUT2D eigenvalue weighted by atomic mass is 16.8. The van der Waals surface area contributed by atoms with Gasteiger partial charge in [-0.15, -0.1) is 0 Å². The fourth-order valence-corrected chi connectivity index (χ4v) is 1.45. The van der Waals surface area contributed by atoms with Gasteiger partial charge in [0.05, 0.1) is 0 Å². The molecule has 0 heterocycles. The van der Waals surface area contributed by atoms with Crippen LogP contribution in [0.25, 0.3) is 0 Å². The summed E-state index contributed by atoms with van der Waals surface area (Å²) < 4.78 is 22.2. The molecule has 0 saturated carbocycles. The molecule has 0 spiro atoms. The van der Waals surface area contributed by atoms with E-state index in [2.05, 4.69) is 6.92 Å². The lowest BCUT2D eigenvalue weighted by Crippen LogP contribution is -2.36. The molecule has 17 heavy (non-hydrogen) atoms. The van der Waals surface area contributed by atoms with Crippen LogP contribution in [0.3, 0.4) is 0 Å². The Balaban J connectivity index is 4.04. The Labute approximate surface area is 106 Å². The summed E-state index contributed by atoms with van der Waals surface area (Å²) in [7, 11) is 0. The molecule has 1 unspecified atom stereocenters. The van der Waals surface area contributed by atoms with Gasteiger partial charge in [0, 0.05) is 26.4 Å². The molecule has 4 heteroatoms. The second kappa shape index (κ2) is 12.3. The predicted octanol–water partition coefficient (Wildman–Crippen LogP) is 2.95. The highest BCUT2D eigenvalue weighted by Gasteiger charge is 2.23. The molecule has 0 aliphatic heterocycles. The third-order valence-corrected chi connectivity index (χ3v) is 2.25. The van der Waals surface area contributed by atoms with Crippen LogP contribution in [0.2, 0.25) is 0 Å². The number of rotatable bonds is 12. The summed E-state index contributed by atoms with van der Waals surface area (Å²) >= 11 is 0. The van der Waals surface area contributed by atoms with E-state index in [0.717, 1.165) is 6.42 Å². The SMILES string of the molecule is CCCCCOC(OCC)C(OCC)OCC. The van der Waals surface area contributed by atoms with Crippen molar-refractivity contribution >= 4 is 0 Å². The smallest absolute Gasteiger partial charge is 0.209 e. The standard InChI is InChI=1S/C13H28O4/c1-5-9-10-11-17-13(16-8-4)12(14-6-2)15-7-3/h12-13H,5-11H2,1-4H3. The van der Waals surface area contributed by atoms with Gasteiger partial charge in [-0.05, 0) is 27.2 Å². The summed E-state index contributed by atoms with van der Waals surface area (Å²) in [4.78, 5) is 0. The first-order valence-electron chi connectivity index (χ1n) is 6.76. The predicted molar refractivity (Wildman–Crippen MR) is 67.9 cm³/mol. The number of unbranched alkanes of at least 4 members (excludes halogenated alkanes) is 2. The lowest BCUT2D eigenvalue weighted by Gasteiger charge is -2.26. The minimum Gasteiger partial charge on any atom is -0.348 e. The maximum Gasteiger partial charge on any atom is 0.209 e. The largest absolute Gasteiger partial charge is 0.348 e. The van der Waals surface area contributed by atoms with Gasteiger partial charge in [-0.1, -0.05) is 19.8 Å². The second-order valence-corrected chi connectivity index (χ2v) is 3.68. The van der Waals surface area contributed by atoms with E-state index in [0.29, 0.717) is 26.4 Å². The highest BCUT2D eigenvalue weighted by Crippen LogP contribution is 2.10. The maximum atomic E-state index is 5.68. The van der Waals surface area contributed by atoms with Gasteiger partial charge < -0.3 is 18.9 Å². The van der Waals surface area contributed by atoms with Gasteiger partial charge in [-0.2, -0.15) is 0 Å². The molecule has 4 nitrogen and oxygen atoms in total. The van der Waals surface area contributed by atoms with Crippen molar-refractivity contribution in [2.24, 2.45) is 0 Å². The van der Waals surface area contributed by atoms with Crippen LogP contribution < -0.4 is 0 Å². The zero-order valence-corrected chi connectivity index (χ0v) is 11.7. The average Bonchev–Trinajstić information content (AvgIpc) is 2.33. The van der Waals surface area contributed by atoms with Gasteiger partial charge in [0.2, 0.25) is 12.6 Å². The molecule has 0 fully saturated rings. The maximum absolute atomic E-state index is 5.68. The molecule has 104 valence electrons. The summed E-state index contributed by atoms with van der Waals surface area (Å²) in [6, 6.07) is 0. The average molecular weight is 248 g/mol. The molecule has 0 aliphatic rings. The van der Waals surface area contributed by atoms with E-state index in [1.165, 1.54) is 12.8 Å². The summed E-state index contributed by atoms with van der Waals surface area (Å²) in [5.74, 6) is 0. The van der Waals surface area contributed by atoms with E-state index in [1.807, 2.05) is 20.8 Å². The van der Waals surface area contributed by atoms with Gasteiger partial charge in [-0.3, -0.25) is 0 Å². The molecule has 0 radical (unpaired) electrons. The van der Waals surface area contributed by atoms with E-state index in [-0.39, 0.29) is 0 Å².